The number of ether oxygens (including phenoxy) is 2. The smallest absolute Gasteiger partial charge is 0.316 e. The van der Waals surface area contributed by atoms with Crippen LogP contribution in [0.4, 0.5) is 0 Å². The number of Topliss-reactive ketones (excluding diaryl/α,β-unsaturated/α-hetero) is 1. The molecule has 26 heavy (non-hydrogen) atoms. The summed E-state index contributed by atoms with van der Waals surface area (Å²) in [6.45, 7) is 2.99. The molecule has 146 valence electrons. The minimum Gasteiger partial charge on any atom is -0.468 e. The molecule has 0 aliphatic heterocycles. The molecule has 0 heterocycles. The molecule has 1 aromatic rings. The molecule has 1 rings (SSSR count). The highest BCUT2D eigenvalue weighted by Gasteiger charge is 2.23. The maximum Gasteiger partial charge on any atom is 0.316 e. The Balaban J connectivity index is 1.88. The topological polar surface area (TPSA) is 52.6 Å². The fourth-order valence-electron chi connectivity index (χ4n) is 3.01. The van der Waals surface area contributed by atoms with Crippen molar-refractivity contribution < 1.29 is 19.1 Å². The van der Waals surface area contributed by atoms with E-state index in [-0.39, 0.29) is 5.78 Å². The molecule has 0 amide bonds. The second kappa shape index (κ2) is 14.5. The fraction of sp³-hybridized carbons (Fsp3) is 0.636. The van der Waals surface area contributed by atoms with Gasteiger partial charge in [-0.1, -0.05) is 75.3 Å². The Morgan fingerprint density at radius 3 is 2.04 bits per heavy atom. The Kier molecular flexibility index (Phi) is 12.5. The van der Waals surface area contributed by atoms with Gasteiger partial charge in [0.15, 0.2) is 0 Å². The van der Waals surface area contributed by atoms with Gasteiger partial charge in [0.1, 0.15) is 11.7 Å². The zero-order chi connectivity index (χ0) is 19.0. The molecule has 4 nitrogen and oxygen atoms in total. The molecule has 0 saturated heterocycles. The number of benzene rings is 1. The maximum atomic E-state index is 11.5. The summed E-state index contributed by atoms with van der Waals surface area (Å²) >= 11 is 0. The zero-order valence-electron chi connectivity index (χ0n) is 16.4. The van der Waals surface area contributed by atoms with E-state index in [1.165, 1.54) is 45.3 Å². The quantitative estimate of drug-likeness (QED) is 0.248. The van der Waals surface area contributed by atoms with Crippen molar-refractivity contribution in [3.63, 3.8) is 0 Å². The summed E-state index contributed by atoms with van der Waals surface area (Å²) in [6.07, 6.45) is 9.78. The molecular weight excluding hydrogens is 328 g/mol. The molecule has 0 aliphatic carbocycles. The normalized spacial score (nSPS) is 11.9. The molecule has 0 bridgehead atoms. The monoisotopic (exact) mass is 362 g/mol. The van der Waals surface area contributed by atoms with Crippen LogP contribution in [0.15, 0.2) is 30.3 Å². The van der Waals surface area contributed by atoms with E-state index >= 15 is 0 Å². The predicted octanol–water partition coefficient (Wildman–Crippen LogP) is 5.09. The van der Waals surface area contributed by atoms with E-state index in [4.69, 9.17) is 4.74 Å². The first kappa shape index (κ1) is 22.4. The van der Waals surface area contributed by atoms with Gasteiger partial charge in [0.25, 0.3) is 0 Å². The van der Waals surface area contributed by atoms with Gasteiger partial charge in [-0.3, -0.25) is 9.59 Å². The number of rotatable bonds is 15. The van der Waals surface area contributed by atoms with Gasteiger partial charge in [-0.25, -0.2) is 0 Å². The van der Waals surface area contributed by atoms with Crippen LogP contribution >= 0.6 is 0 Å². The second-order valence-corrected chi connectivity index (χ2v) is 6.84. The summed E-state index contributed by atoms with van der Waals surface area (Å²) in [7, 11) is 1.34. The van der Waals surface area contributed by atoms with Crippen molar-refractivity contribution in [2.45, 2.75) is 71.3 Å². The summed E-state index contributed by atoms with van der Waals surface area (Å²) in [4.78, 5) is 22.9. The third-order valence-electron chi connectivity index (χ3n) is 4.62. The predicted molar refractivity (Wildman–Crippen MR) is 104 cm³/mol. The van der Waals surface area contributed by atoms with Gasteiger partial charge in [0.2, 0.25) is 0 Å². The van der Waals surface area contributed by atoms with Crippen LogP contribution in [0.25, 0.3) is 0 Å². The van der Waals surface area contributed by atoms with Crippen LogP contribution in [0.3, 0.4) is 0 Å². The van der Waals surface area contributed by atoms with Gasteiger partial charge in [0.05, 0.1) is 13.7 Å². The average molecular weight is 363 g/mol. The molecular formula is C22H34O4. The summed E-state index contributed by atoms with van der Waals surface area (Å²) in [6, 6.07) is 10.3. The SMILES string of the molecule is COC(=O)C(CCCCCCCCCCOCc1ccccc1)C(C)=O. The van der Waals surface area contributed by atoms with E-state index in [0.29, 0.717) is 13.0 Å². The van der Waals surface area contributed by atoms with Gasteiger partial charge in [-0.05, 0) is 25.3 Å². The second-order valence-electron chi connectivity index (χ2n) is 6.84. The summed E-state index contributed by atoms with van der Waals surface area (Å²) < 4.78 is 10.4. The van der Waals surface area contributed by atoms with E-state index in [1.54, 1.807) is 0 Å². The Morgan fingerprint density at radius 1 is 0.885 bits per heavy atom. The van der Waals surface area contributed by atoms with Crippen LogP contribution < -0.4 is 0 Å². The first-order valence-electron chi connectivity index (χ1n) is 9.85. The Morgan fingerprint density at radius 2 is 1.46 bits per heavy atom. The number of carbonyl (C=O) groups is 2. The number of hydrogen-bond donors (Lipinski definition) is 0. The molecule has 0 spiro atoms. The number of hydrogen-bond acceptors (Lipinski definition) is 4. The van der Waals surface area contributed by atoms with Crippen LogP contribution in [0.1, 0.15) is 70.3 Å². The summed E-state index contributed by atoms with van der Waals surface area (Å²) in [5.74, 6) is -1.06. The lowest BCUT2D eigenvalue weighted by atomic mass is 9.97. The van der Waals surface area contributed by atoms with Crippen molar-refractivity contribution in [1.29, 1.82) is 0 Å². The third kappa shape index (κ3) is 10.3. The average Bonchev–Trinajstić information content (AvgIpc) is 2.65. The summed E-state index contributed by atoms with van der Waals surface area (Å²) in [5.41, 5.74) is 1.23. The minimum atomic E-state index is -0.573. The van der Waals surface area contributed by atoms with Crippen molar-refractivity contribution in [3.8, 4) is 0 Å². The van der Waals surface area contributed by atoms with E-state index < -0.39 is 11.9 Å². The molecule has 1 unspecified atom stereocenters. The van der Waals surface area contributed by atoms with Gasteiger partial charge < -0.3 is 9.47 Å². The van der Waals surface area contributed by atoms with Crippen molar-refractivity contribution in [2.24, 2.45) is 5.92 Å². The van der Waals surface area contributed by atoms with Crippen molar-refractivity contribution in [2.75, 3.05) is 13.7 Å². The zero-order valence-corrected chi connectivity index (χ0v) is 16.4. The van der Waals surface area contributed by atoms with Crippen LogP contribution in [-0.2, 0) is 25.7 Å². The van der Waals surface area contributed by atoms with Crippen LogP contribution in [-0.4, -0.2) is 25.5 Å². The standard InChI is InChI=1S/C22H34O4/c1-19(23)21(22(24)25-2)16-12-7-5-3-4-6-8-13-17-26-18-20-14-10-9-11-15-20/h9-11,14-15,21H,3-8,12-13,16-18H2,1-2H3. The number of methoxy groups -OCH3 is 1. The van der Waals surface area contributed by atoms with E-state index in [2.05, 4.69) is 16.9 Å². The number of carbonyl (C=O) groups excluding carboxylic acids is 2. The largest absolute Gasteiger partial charge is 0.468 e. The van der Waals surface area contributed by atoms with Gasteiger partial charge in [0, 0.05) is 6.61 Å². The maximum absolute atomic E-state index is 11.5. The van der Waals surface area contributed by atoms with Gasteiger partial charge in [-0.15, -0.1) is 0 Å². The number of unbranched alkanes of at least 4 members (excludes halogenated alkanes) is 7. The van der Waals surface area contributed by atoms with Crippen molar-refractivity contribution in [3.05, 3.63) is 35.9 Å². The summed E-state index contributed by atoms with van der Waals surface area (Å²) in [5, 5.41) is 0. The lowest BCUT2D eigenvalue weighted by molar-refractivity contribution is -0.149. The highest BCUT2D eigenvalue weighted by molar-refractivity contribution is 5.97. The van der Waals surface area contributed by atoms with E-state index in [0.717, 1.165) is 32.3 Å². The first-order valence-corrected chi connectivity index (χ1v) is 9.85. The van der Waals surface area contributed by atoms with Crippen molar-refractivity contribution in [1.82, 2.24) is 0 Å². The van der Waals surface area contributed by atoms with Crippen LogP contribution in [0.2, 0.25) is 0 Å². The highest BCUT2D eigenvalue weighted by atomic mass is 16.5. The van der Waals surface area contributed by atoms with E-state index in [9.17, 15) is 9.59 Å². The first-order chi connectivity index (χ1) is 12.6. The Labute approximate surface area is 158 Å². The molecule has 0 radical (unpaired) electrons. The van der Waals surface area contributed by atoms with Crippen molar-refractivity contribution >= 4 is 11.8 Å². The van der Waals surface area contributed by atoms with Crippen LogP contribution in [0, 0.1) is 5.92 Å². The lowest BCUT2D eigenvalue weighted by Crippen LogP contribution is -2.23. The number of esters is 1. The fourth-order valence-corrected chi connectivity index (χ4v) is 3.01. The molecule has 1 aromatic carbocycles. The molecule has 4 heteroatoms. The van der Waals surface area contributed by atoms with Gasteiger partial charge in [-0.2, -0.15) is 0 Å². The lowest BCUT2D eigenvalue weighted by Gasteiger charge is -2.10. The molecule has 0 aromatic heterocycles. The van der Waals surface area contributed by atoms with Crippen LogP contribution in [0.5, 0.6) is 0 Å². The van der Waals surface area contributed by atoms with Gasteiger partial charge >= 0.3 is 5.97 Å². The Bertz CT molecular complexity index is 498. The molecule has 0 saturated carbocycles. The molecule has 0 N–H and O–H groups in total. The Hall–Kier alpha value is -1.68. The number of ketones is 1. The van der Waals surface area contributed by atoms with E-state index in [1.807, 2.05) is 18.2 Å². The molecule has 0 aliphatic rings. The highest BCUT2D eigenvalue weighted by Crippen LogP contribution is 2.15. The minimum absolute atomic E-state index is 0.0914. The molecule has 0 fully saturated rings. The molecule has 1 atom stereocenters. The third-order valence-corrected chi connectivity index (χ3v) is 4.62.